The SMILES string of the molecule is ClP(Cl)c1c(-c2ccc3c4c(cccc24)CC3)cccc1-c1ccc2c3c(cccc13)CC2. The maximum atomic E-state index is 6.80. The van der Waals surface area contributed by atoms with Gasteiger partial charge in [0.05, 0.1) is 0 Å². The largest absolute Gasteiger partial charge is 0.118 e. The lowest BCUT2D eigenvalue weighted by Crippen LogP contribution is -2.06. The van der Waals surface area contributed by atoms with Gasteiger partial charge in [0.1, 0.15) is 6.63 Å². The predicted molar refractivity (Wildman–Crippen MR) is 145 cm³/mol. The van der Waals surface area contributed by atoms with Crippen LogP contribution in [-0.2, 0) is 25.7 Å². The van der Waals surface area contributed by atoms with Crippen molar-refractivity contribution in [3.63, 3.8) is 0 Å². The standard InChI is InChI=1S/C30H21Cl2P/c31-33(32)30-26(22-16-14-20-12-10-18-4-1-6-24(22)28(18)20)8-3-9-27(30)23-17-15-21-13-11-19-5-2-7-25(23)29(19)21/h1-9,14-17H,10-13H2. The quantitative estimate of drug-likeness (QED) is 0.225. The Hall–Kier alpha value is -2.37. The minimum absolute atomic E-state index is 1.06. The summed E-state index contributed by atoms with van der Waals surface area (Å²) in [7, 11) is 0. The van der Waals surface area contributed by atoms with Gasteiger partial charge in [-0.3, -0.25) is 0 Å². The van der Waals surface area contributed by atoms with E-state index < -0.39 is 6.63 Å². The molecule has 0 aromatic heterocycles. The molecule has 2 aliphatic carbocycles. The van der Waals surface area contributed by atoms with E-state index in [2.05, 4.69) is 78.9 Å². The summed E-state index contributed by atoms with van der Waals surface area (Å²) in [4.78, 5) is 0. The van der Waals surface area contributed by atoms with Gasteiger partial charge in [0.25, 0.3) is 0 Å². The van der Waals surface area contributed by atoms with Gasteiger partial charge in [-0.05, 0) is 91.7 Å². The number of benzene rings is 5. The molecule has 0 heterocycles. The molecule has 160 valence electrons. The molecule has 0 atom stereocenters. The van der Waals surface area contributed by atoms with Crippen molar-refractivity contribution in [2.45, 2.75) is 25.7 Å². The van der Waals surface area contributed by atoms with Crippen LogP contribution in [-0.4, -0.2) is 0 Å². The normalized spacial score (nSPS) is 14.2. The van der Waals surface area contributed by atoms with Gasteiger partial charge < -0.3 is 0 Å². The number of hydrogen-bond acceptors (Lipinski definition) is 0. The maximum Gasteiger partial charge on any atom is 0.118 e. The molecule has 7 rings (SSSR count). The molecule has 0 radical (unpaired) electrons. The minimum Gasteiger partial charge on any atom is -0.0727 e. The Kier molecular flexibility index (Phi) is 4.60. The first kappa shape index (κ1) is 20.0. The Morgan fingerprint density at radius 2 is 0.879 bits per heavy atom. The summed E-state index contributed by atoms with van der Waals surface area (Å²) < 4.78 is 0. The highest BCUT2D eigenvalue weighted by atomic mass is 35.9. The average molecular weight is 483 g/mol. The fourth-order valence-corrected chi connectivity index (χ4v) is 7.97. The van der Waals surface area contributed by atoms with E-state index in [0.717, 1.165) is 42.1 Å². The van der Waals surface area contributed by atoms with Gasteiger partial charge in [0, 0.05) is 5.30 Å². The molecule has 0 spiro atoms. The molecule has 0 saturated heterocycles. The van der Waals surface area contributed by atoms with Crippen molar-refractivity contribution in [2.75, 3.05) is 0 Å². The Bertz CT molecular complexity index is 1470. The van der Waals surface area contributed by atoms with E-state index in [1.165, 1.54) is 54.9 Å². The van der Waals surface area contributed by atoms with Crippen LogP contribution in [0.3, 0.4) is 0 Å². The zero-order chi connectivity index (χ0) is 22.1. The third-order valence-corrected chi connectivity index (χ3v) is 9.37. The van der Waals surface area contributed by atoms with E-state index in [-0.39, 0.29) is 0 Å². The molecule has 2 aliphatic rings. The van der Waals surface area contributed by atoms with Gasteiger partial charge in [0.2, 0.25) is 0 Å². The van der Waals surface area contributed by atoms with E-state index in [4.69, 9.17) is 22.5 Å². The molecule has 5 aromatic carbocycles. The number of halogens is 2. The molecule has 0 bridgehead atoms. The predicted octanol–water partition coefficient (Wildman–Crippen LogP) is 8.94. The van der Waals surface area contributed by atoms with Crippen molar-refractivity contribution in [1.82, 2.24) is 0 Å². The summed E-state index contributed by atoms with van der Waals surface area (Å²) in [5, 5.41) is 6.53. The fraction of sp³-hybridized carbons (Fsp3) is 0.133. The number of rotatable bonds is 3. The van der Waals surface area contributed by atoms with Crippen molar-refractivity contribution >= 4 is 56.0 Å². The van der Waals surface area contributed by atoms with Crippen molar-refractivity contribution < 1.29 is 0 Å². The summed E-state index contributed by atoms with van der Waals surface area (Å²) in [6.45, 7) is -1.35. The summed E-state index contributed by atoms with van der Waals surface area (Å²) in [6.07, 6.45) is 4.51. The lowest BCUT2D eigenvalue weighted by atomic mass is 9.91. The van der Waals surface area contributed by atoms with Crippen molar-refractivity contribution in [1.29, 1.82) is 0 Å². The van der Waals surface area contributed by atoms with Crippen molar-refractivity contribution in [3.8, 4) is 22.3 Å². The molecule has 0 unspecified atom stereocenters. The van der Waals surface area contributed by atoms with E-state index in [9.17, 15) is 0 Å². The Labute approximate surface area is 204 Å². The Morgan fingerprint density at radius 1 is 0.455 bits per heavy atom. The highest BCUT2D eigenvalue weighted by molar-refractivity contribution is 8.09. The molecular weight excluding hydrogens is 462 g/mol. The molecule has 33 heavy (non-hydrogen) atoms. The Morgan fingerprint density at radius 3 is 1.33 bits per heavy atom. The van der Waals surface area contributed by atoms with Gasteiger partial charge in [-0.2, -0.15) is 0 Å². The second kappa shape index (κ2) is 7.57. The molecule has 0 saturated carbocycles. The van der Waals surface area contributed by atoms with Crippen LogP contribution in [0.25, 0.3) is 43.8 Å². The molecule has 0 fully saturated rings. The molecule has 3 heteroatoms. The van der Waals surface area contributed by atoms with Crippen molar-refractivity contribution in [3.05, 3.63) is 101 Å². The molecule has 0 N–H and O–H groups in total. The summed E-state index contributed by atoms with van der Waals surface area (Å²) in [5.41, 5.74) is 10.6. The van der Waals surface area contributed by atoms with Crippen LogP contribution in [0, 0.1) is 0 Å². The van der Waals surface area contributed by atoms with Crippen LogP contribution in [0.5, 0.6) is 0 Å². The fourth-order valence-electron chi connectivity index (χ4n) is 6.12. The van der Waals surface area contributed by atoms with Gasteiger partial charge >= 0.3 is 0 Å². The van der Waals surface area contributed by atoms with E-state index in [1.54, 1.807) is 0 Å². The summed E-state index contributed by atoms with van der Waals surface area (Å²) >= 11 is 13.6. The lowest BCUT2D eigenvalue weighted by molar-refractivity contribution is 1.02. The topological polar surface area (TPSA) is 0 Å². The van der Waals surface area contributed by atoms with Gasteiger partial charge in [-0.15, -0.1) is 0 Å². The third-order valence-electron chi connectivity index (χ3n) is 7.54. The number of aryl methyl sites for hydroxylation is 4. The van der Waals surface area contributed by atoms with Crippen LogP contribution in [0.1, 0.15) is 22.3 Å². The second-order valence-electron chi connectivity index (χ2n) is 9.16. The molecule has 0 aliphatic heterocycles. The molecule has 0 nitrogen and oxygen atoms in total. The zero-order valence-electron chi connectivity index (χ0n) is 18.0. The molecular formula is C30H21Cl2P. The second-order valence-corrected chi connectivity index (χ2v) is 12.6. The molecule has 0 amide bonds. The first-order chi connectivity index (χ1) is 16.2. The smallest absolute Gasteiger partial charge is 0.0727 e. The zero-order valence-corrected chi connectivity index (χ0v) is 20.4. The third kappa shape index (κ3) is 2.95. The Balaban J connectivity index is 1.53. The maximum absolute atomic E-state index is 6.80. The van der Waals surface area contributed by atoms with Crippen LogP contribution >= 0.6 is 29.1 Å². The highest BCUT2D eigenvalue weighted by Crippen LogP contribution is 2.52. The van der Waals surface area contributed by atoms with Gasteiger partial charge in [-0.1, -0.05) is 101 Å². The molecule has 5 aromatic rings. The first-order valence-corrected chi connectivity index (χ1v) is 14.7. The van der Waals surface area contributed by atoms with Gasteiger partial charge in [-0.25, -0.2) is 0 Å². The number of hydrogen-bond donors (Lipinski definition) is 0. The van der Waals surface area contributed by atoms with Crippen LogP contribution < -0.4 is 5.30 Å². The summed E-state index contributed by atoms with van der Waals surface area (Å²) in [5.74, 6) is 0. The minimum atomic E-state index is -1.35. The average Bonchev–Trinajstić information content (AvgIpc) is 3.46. The summed E-state index contributed by atoms with van der Waals surface area (Å²) in [6, 6.07) is 29.1. The van der Waals surface area contributed by atoms with E-state index in [1.807, 2.05) is 0 Å². The highest BCUT2D eigenvalue weighted by Gasteiger charge is 2.24. The van der Waals surface area contributed by atoms with Crippen molar-refractivity contribution in [2.24, 2.45) is 0 Å². The van der Waals surface area contributed by atoms with E-state index >= 15 is 0 Å². The van der Waals surface area contributed by atoms with Crippen LogP contribution in [0.15, 0.2) is 78.9 Å². The first-order valence-electron chi connectivity index (χ1n) is 11.5. The lowest BCUT2D eigenvalue weighted by Gasteiger charge is -2.19. The van der Waals surface area contributed by atoms with E-state index in [0.29, 0.717) is 0 Å². The van der Waals surface area contributed by atoms with Crippen LogP contribution in [0.2, 0.25) is 0 Å². The monoisotopic (exact) mass is 482 g/mol. The van der Waals surface area contributed by atoms with Crippen LogP contribution in [0.4, 0.5) is 0 Å². The van der Waals surface area contributed by atoms with Gasteiger partial charge in [0.15, 0.2) is 0 Å².